The van der Waals surface area contributed by atoms with E-state index in [0.717, 1.165) is 5.56 Å². The smallest absolute Gasteiger partial charge is 0.269 e. The molecule has 1 saturated heterocycles. The van der Waals surface area contributed by atoms with Crippen LogP contribution in [0.25, 0.3) is 0 Å². The topological polar surface area (TPSA) is 86.9 Å². The SMILES string of the molecule is Cc1cn[nH]c1C(=O)N[C@@H]1CCC(=O)N[C@H]1C(C)(C)C. The van der Waals surface area contributed by atoms with E-state index in [0.29, 0.717) is 18.5 Å². The van der Waals surface area contributed by atoms with Gasteiger partial charge in [-0.3, -0.25) is 14.7 Å². The predicted molar refractivity (Wildman–Crippen MR) is 75.2 cm³/mol. The van der Waals surface area contributed by atoms with E-state index in [1.165, 1.54) is 0 Å². The summed E-state index contributed by atoms with van der Waals surface area (Å²) < 4.78 is 0. The van der Waals surface area contributed by atoms with E-state index in [4.69, 9.17) is 0 Å². The minimum Gasteiger partial charge on any atom is -0.351 e. The van der Waals surface area contributed by atoms with Crippen LogP contribution in [-0.2, 0) is 4.79 Å². The summed E-state index contributed by atoms with van der Waals surface area (Å²) in [7, 11) is 0. The molecule has 0 unspecified atom stereocenters. The summed E-state index contributed by atoms with van der Waals surface area (Å²) >= 11 is 0. The first-order chi connectivity index (χ1) is 9.29. The van der Waals surface area contributed by atoms with Gasteiger partial charge in [-0.05, 0) is 24.3 Å². The van der Waals surface area contributed by atoms with Crippen LogP contribution in [0.15, 0.2) is 6.20 Å². The molecule has 2 atom stereocenters. The summed E-state index contributed by atoms with van der Waals surface area (Å²) in [4.78, 5) is 23.8. The Kier molecular flexibility index (Phi) is 3.83. The maximum atomic E-state index is 12.3. The maximum absolute atomic E-state index is 12.3. The Morgan fingerprint density at radius 1 is 1.45 bits per heavy atom. The lowest BCUT2D eigenvalue weighted by Gasteiger charge is -2.40. The van der Waals surface area contributed by atoms with E-state index < -0.39 is 0 Å². The molecule has 0 aliphatic carbocycles. The Balaban J connectivity index is 2.12. The minimum absolute atomic E-state index is 0.0492. The number of aromatic amines is 1. The highest BCUT2D eigenvalue weighted by Crippen LogP contribution is 2.27. The fraction of sp³-hybridized carbons (Fsp3) is 0.643. The van der Waals surface area contributed by atoms with Crippen LogP contribution >= 0.6 is 0 Å². The van der Waals surface area contributed by atoms with Crippen LogP contribution in [0, 0.1) is 12.3 Å². The average Bonchev–Trinajstić information content (AvgIpc) is 2.76. The second-order valence-corrected chi connectivity index (χ2v) is 6.46. The van der Waals surface area contributed by atoms with Crippen molar-refractivity contribution in [2.45, 2.75) is 52.6 Å². The zero-order valence-corrected chi connectivity index (χ0v) is 12.4. The fourth-order valence-corrected chi connectivity index (χ4v) is 2.59. The van der Waals surface area contributed by atoms with Gasteiger partial charge in [0, 0.05) is 6.42 Å². The van der Waals surface area contributed by atoms with Crippen LogP contribution in [0.3, 0.4) is 0 Å². The largest absolute Gasteiger partial charge is 0.351 e. The molecule has 1 fully saturated rings. The van der Waals surface area contributed by atoms with Crippen molar-refractivity contribution < 1.29 is 9.59 Å². The Labute approximate surface area is 118 Å². The van der Waals surface area contributed by atoms with Crippen molar-refractivity contribution in [1.82, 2.24) is 20.8 Å². The summed E-state index contributed by atoms with van der Waals surface area (Å²) in [5, 5.41) is 12.6. The van der Waals surface area contributed by atoms with Crippen molar-refractivity contribution in [2.75, 3.05) is 0 Å². The normalized spacial score (nSPS) is 23.3. The zero-order chi connectivity index (χ0) is 14.9. The van der Waals surface area contributed by atoms with Gasteiger partial charge in [-0.25, -0.2) is 0 Å². The van der Waals surface area contributed by atoms with E-state index in [9.17, 15) is 9.59 Å². The van der Waals surface area contributed by atoms with Crippen molar-refractivity contribution in [3.8, 4) is 0 Å². The van der Waals surface area contributed by atoms with Gasteiger partial charge in [-0.15, -0.1) is 0 Å². The second-order valence-electron chi connectivity index (χ2n) is 6.46. The van der Waals surface area contributed by atoms with E-state index in [1.807, 2.05) is 6.92 Å². The highest BCUT2D eigenvalue weighted by atomic mass is 16.2. The van der Waals surface area contributed by atoms with Crippen molar-refractivity contribution in [3.05, 3.63) is 17.5 Å². The van der Waals surface area contributed by atoms with Crippen LogP contribution < -0.4 is 10.6 Å². The third kappa shape index (κ3) is 3.00. The molecule has 1 aromatic rings. The monoisotopic (exact) mass is 278 g/mol. The first kappa shape index (κ1) is 14.6. The van der Waals surface area contributed by atoms with Crippen LogP contribution in [0.5, 0.6) is 0 Å². The summed E-state index contributed by atoms with van der Waals surface area (Å²) in [6.45, 7) is 8.01. The summed E-state index contributed by atoms with van der Waals surface area (Å²) in [5.41, 5.74) is 1.18. The lowest BCUT2D eigenvalue weighted by molar-refractivity contribution is -0.125. The Morgan fingerprint density at radius 3 is 2.70 bits per heavy atom. The van der Waals surface area contributed by atoms with E-state index in [1.54, 1.807) is 6.20 Å². The molecule has 0 spiro atoms. The number of nitrogens with zero attached hydrogens (tertiary/aromatic N) is 1. The molecule has 0 bridgehead atoms. The van der Waals surface area contributed by atoms with Crippen molar-refractivity contribution in [3.63, 3.8) is 0 Å². The Bertz CT molecular complexity index is 515. The number of nitrogens with one attached hydrogen (secondary N) is 3. The molecule has 6 heteroatoms. The van der Waals surface area contributed by atoms with Gasteiger partial charge >= 0.3 is 0 Å². The van der Waals surface area contributed by atoms with Gasteiger partial charge in [0.1, 0.15) is 5.69 Å². The predicted octanol–water partition coefficient (Wildman–Crippen LogP) is 1.14. The third-order valence-electron chi connectivity index (χ3n) is 3.71. The highest BCUT2D eigenvalue weighted by Gasteiger charge is 2.37. The highest BCUT2D eigenvalue weighted by molar-refractivity contribution is 5.94. The molecule has 110 valence electrons. The number of carbonyl (C=O) groups excluding carboxylic acids is 2. The quantitative estimate of drug-likeness (QED) is 0.758. The number of aromatic nitrogens is 2. The standard InChI is InChI=1S/C14H22N4O2/c1-8-7-15-18-11(8)13(20)16-9-5-6-10(19)17-12(9)14(2,3)4/h7,9,12H,5-6H2,1-4H3,(H,15,18)(H,16,20)(H,17,19)/t9-,12-/m1/s1. The van der Waals surface area contributed by atoms with Crippen LogP contribution in [-0.4, -0.2) is 34.1 Å². The van der Waals surface area contributed by atoms with Crippen LogP contribution in [0.4, 0.5) is 0 Å². The molecule has 0 saturated carbocycles. The molecule has 3 N–H and O–H groups in total. The zero-order valence-electron chi connectivity index (χ0n) is 12.4. The van der Waals surface area contributed by atoms with E-state index in [-0.39, 0.29) is 29.3 Å². The summed E-state index contributed by atoms with van der Waals surface area (Å²) in [6.07, 6.45) is 2.73. The molecular weight excluding hydrogens is 256 g/mol. The average molecular weight is 278 g/mol. The van der Waals surface area contributed by atoms with Gasteiger partial charge < -0.3 is 10.6 Å². The number of hydrogen-bond acceptors (Lipinski definition) is 3. The van der Waals surface area contributed by atoms with Crippen molar-refractivity contribution >= 4 is 11.8 Å². The summed E-state index contributed by atoms with van der Waals surface area (Å²) in [6, 6.07) is -0.140. The number of amides is 2. The molecule has 0 aromatic carbocycles. The molecule has 2 amide bonds. The first-order valence-electron chi connectivity index (χ1n) is 6.89. The number of aryl methyl sites for hydroxylation is 1. The van der Waals surface area contributed by atoms with Crippen LogP contribution in [0.2, 0.25) is 0 Å². The number of piperidine rings is 1. The molecule has 1 aliphatic rings. The summed E-state index contributed by atoms with van der Waals surface area (Å²) in [5.74, 6) is -0.122. The Hall–Kier alpha value is -1.85. The molecule has 2 rings (SSSR count). The maximum Gasteiger partial charge on any atom is 0.269 e. The number of H-pyrrole nitrogens is 1. The van der Waals surface area contributed by atoms with Crippen LogP contribution in [0.1, 0.15) is 49.7 Å². The molecule has 0 radical (unpaired) electrons. The lowest BCUT2D eigenvalue weighted by atomic mass is 9.78. The fourth-order valence-electron chi connectivity index (χ4n) is 2.59. The molecule has 20 heavy (non-hydrogen) atoms. The Morgan fingerprint density at radius 2 is 2.15 bits per heavy atom. The number of hydrogen-bond donors (Lipinski definition) is 3. The molecule has 2 heterocycles. The molecule has 6 nitrogen and oxygen atoms in total. The van der Waals surface area contributed by atoms with Gasteiger partial charge in [0.2, 0.25) is 5.91 Å². The van der Waals surface area contributed by atoms with Gasteiger partial charge in [-0.2, -0.15) is 5.10 Å². The van der Waals surface area contributed by atoms with Gasteiger partial charge in [0.25, 0.3) is 5.91 Å². The van der Waals surface area contributed by atoms with Gasteiger partial charge in [0.15, 0.2) is 0 Å². The van der Waals surface area contributed by atoms with E-state index >= 15 is 0 Å². The van der Waals surface area contributed by atoms with Gasteiger partial charge in [-0.1, -0.05) is 20.8 Å². The van der Waals surface area contributed by atoms with Gasteiger partial charge in [0.05, 0.1) is 18.3 Å². The molecule has 1 aliphatic heterocycles. The molecular formula is C14H22N4O2. The third-order valence-corrected chi connectivity index (χ3v) is 3.71. The number of rotatable bonds is 2. The first-order valence-corrected chi connectivity index (χ1v) is 6.89. The molecule has 1 aromatic heterocycles. The lowest BCUT2D eigenvalue weighted by Crippen LogP contribution is -2.60. The van der Waals surface area contributed by atoms with E-state index in [2.05, 4.69) is 41.6 Å². The second kappa shape index (κ2) is 5.26. The van der Waals surface area contributed by atoms with Crippen molar-refractivity contribution in [2.24, 2.45) is 5.41 Å². The minimum atomic E-state index is -0.171. The van der Waals surface area contributed by atoms with Crippen molar-refractivity contribution in [1.29, 1.82) is 0 Å². The number of carbonyl (C=O) groups is 2.